The number of ketones is 1. The summed E-state index contributed by atoms with van der Waals surface area (Å²) in [5, 5.41) is 2.78. The highest BCUT2D eigenvalue weighted by atomic mass is 16.5. The quantitative estimate of drug-likeness (QED) is 0.495. The van der Waals surface area contributed by atoms with Crippen LogP contribution in [0, 0.1) is 0 Å². The van der Waals surface area contributed by atoms with Crippen LogP contribution in [-0.2, 0) is 14.3 Å². The van der Waals surface area contributed by atoms with Crippen molar-refractivity contribution in [3.63, 3.8) is 0 Å². The highest BCUT2D eigenvalue weighted by Crippen LogP contribution is 2.33. The fourth-order valence-electron chi connectivity index (χ4n) is 3.65. The standard InChI is InChI=1S/C25H21NO4/c1-16-20-14-19(12-13-21(20)26-24(16)28)22(27)15-30-25(29)23(17-8-4-2-5-9-17)18-10-6-3-7-11-18/h2-14,16,23H,15H2,1H3,(H,26,28)/t16-/m0/s1. The minimum Gasteiger partial charge on any atom is -0.457 e. The molecule has 1 aliphatic rings. The van der Waals surface area contributed by atoms with E-state index in [1.165, 1.54) is 0 Å². The first kappa shape index (κ1) is 19.6. The molecular formula is C25H21NO4. The molecular weight excluding hydrogens is 378 g/mol. The second kappa shape index (κ2) is 8.33. The molecule has 30 heavy (non-hydrogen) atoms. The average molecular weight is 399 g/mol. The summed E-state index contributed by atoms with van der Waals surface area (Å²) < 4.78 is 5.43. The first-order chi connectivity index (χ1) is 14.5. The first-order valence-corrected chi connectivity index (χ1v) is 9.79. The van der Waals surface area contributed by atoms with Gasteiger partial charge >= 0.3 is 5.97 Å². The van der Waals surface area contributed by atoms with Crippen LogP contribution in [0.1, 0.15) is 45.8 Å². The molecule has 0 fully saturated rings. The molecule has 5 nitrogen and oxygen atoms in total. The van der Waals surface area contributed by atoms with E-state index in [1.54, 1.807) is 25.1 Å². The average Bonchev–Trinajstić information content (AvgIpc) is 3.07. The summed E-state index contributed by atoms with van der Waals surface area (Å²) in [6.07, 6.45) is 0. The van der Waals surface area contributed by atoms with Crippen molar-refractivity contribution in [1.29, 1.82) is 0 Å². The van der Waals surface area contributed by atoms with Crippen LogP contribution in [0.4, 0.5) is 5.69 Å². The van der Waals surface area contributed by atoms with E-state index in [-0.39, 0.29) is 24.2 Å². The van der Waals surface area contributed by atoms with Crippen molar-refractivity contribution >= 4 is 23.3 Å². The maximum absolute atomic E-state index is 12.9. The van der Waals surface area contributed by atoms with E-state index in [0.717, 1.165) is 16.7 Å². The van der Waals surface area contributed by atoms with Gasteiger partial charge in [0.25, 0.3) is 0 Å². The van der Waals surface area contributed by atoms with Gasteiger partial charge in [-0.15, -0.1) is 0 Å². The van der Waals surface area contributed by atoms with Gasteiger partial charge in [0.1, 0.15) is 5.92 Å². The molecule has 1 amide bonds. The summed E-state index contributed by atoms with van der Waals surface area (Å²) in [5.74, 6) is -1.79. The highest BCUT2D eigenvalue weighted by molar-refractivity contribution is 6.05. The number of hydrogen-bond acceptors (Lipinski definition) is 4. The number of benzene rings is 3. The normalized spacial score (nSPS) is 14.9. The number of ether oxygens (including phenoxy) is 1. The number of esters is 1. The van der Waals surface area contributed by atoms with Crippen molar-refractivity contribution in [2.75, 3.05) is 11.9 Å². The number of carbonyl (C=O) groups excluding carboxylic acids is 3. The van der Waals surface area contributed by atoms with Crippen molar-refractivity contribution in [3.05, 3.63) is 101 Å². The molecule has 4 rings (SSSR count). The number of hydrogen-bond donors (Lipinski definition) is 1. The van der Waals surface area contributed by atoms with Crippen LogP contribution < -0.4 is 5.32 Å². The molecule has 1 aliphatic heterocycles. The van der Waals surface area contributed by atoms with E-state index < -0.39 is 11.9 Å². The molecule has 0 spiro atoms. The predicted octanol–water partition coefficient (Wildman–Crippen LogP) is 4.30. The molecule has 1 atom stereocenters. The van der Waals surface area contributed by atoms with Gasteiger partial charge in [-0.05, 0) is 41.8 Å². The molecule has 0 bridgehead atoms. The Morgan fingerprint density at radius 1 is 0.933 bits per heavy atom. The van der Waals surface area contributed by atoms with E-state index >= 15 is 0 Å². The SMILES string of the molecule is C[C@@H]1C(=O)Nc2ccc(C(=O)COC(=O)C(c3ccccc3)c3ccccc3)cc21. The van der Waals surface area contributed by atoms with Gasteiger partial charge < -0.3 is 10.1 Å². The van der Waals surface area contributed by atoms with Gasteiger partial charge in [-0.25, -0.2) is 0 Å². The third-order valence-electron chi connectivity index (χ3n) is 5.34. The minimum absolute atomic E-state index is 0.0883. The fourth-order valence-corrected chi connectivity index (χ4v) is 3.65. The topological polar surface area (TPSA) is 72.5 Å². The molecule has 3 aromatic rings. The lowest BCUT2D eigenvalue weighted by Gasteiger charge is -2.17. The Bertz CT molecular complexity index is 1050. The summed E-state index contributed by atoms with van der Waals surface area (Å²) in [4.78, 5) is 37.4. The first-order valence-electron chi connectivity index (χ1n) is 9.79. The van der Waals surface area contributed by atoms with Crippen molar-refractivity contribution in [2.24, 2.45) is 0 Å². The molecule has 1 N–H and O–H groups in total. The van der Waals surface area contributed by atoms with Crippen molar-refractivity contribution < 1.29 is 19.1 Å². The van der Waals surface area contributed by atoms with Gasteiger partial charge in [0.15, 0.2) is 12.4 Å². The van der Waals surface area contributed by atoms with Crippen LogP contribution in [0.2, 0.25) is 0 Å². The second-order valence-electron chi connectivity index (χ2n) is 7.30. The van der Waals surface area contributed by atoms with Gasteiger partial charge in [0, 0.05) is 11.3 Å². The molecule has 0 unspecified atom stereocenters. The molecule has 5 heteroatoms. The van der Waals surface area contributed by atoms with Gasteiger partial charge in [0.2, 0.25) is 5.91 Å². The summed E-state index contributed by atoms with van der Waals surface area (Å²) in [6.45, 7) is 1.43. The predicted molar refractivity (Wildman–Crippen MR) is 114 cm³/mol. The molecule has 0 radical (unpaired) electrons. The number of Topliss-reactive ketones (excluding diaryl/α,β-unsaturated/α-hetero) is 1. The van der Waals surface area contributed by atoms with Crippen molar-refractivity contribution in [1.82, 2.24) is 0 Å². The smallest absolute Gasteiger partial charge is 0.318 e. The number of carbonyl (C=O) groups is 3. The van der Waals surface area contributed by atoms with E-state index in [2.05, 4.69) is 5.32 Å². The van der Waals surface area contributed by atoms with E-state index in [9.17, 15) is 14.4 Å². The van der Waals surface area contributed by atoms with Gasteiger partial charge in [-0.1, -0.05) is 60.7 Å². The lowest BCUT2D eigenvalue weighted by molar-refractivity contribution is -0.143. The summed E-state index contributed by atoms with van der Waals surface area (Å²) in [7, 11) is 0. The number of nitrogens with one attached hydrogen (secondary N) is 1. The van der Waals surface area contributed by atoms with Crippen LogP contribution >= 0.6 is 0 Å². The van der Waals surface area contributed by atoms with Crippen molar-refractivity contribution in [2.45, 2.75) is 18.8 Å². The monoisotopic (exact) mass is 399 g/mol. The summed E-state index contributed by atoms with van der Waals surface area (Å²) in [6, 6.07) is 23.7. The Hall–Kier alpha value is -3.73. The zero-order valence-corrected chi connectivity index (χ0v) is 16.5. The fraction of sp³-hybridized carbons (Fsp3) is 0.160. The lowest BCUT2D eigenvalue weighted by Crippen LogP contribution is -2.21. The Kier molecular flexibility index (Phi) is 5.44. The Morgan fingerprint density at radius 2 is 1.53 bits per heavy atom. The van der Waals surface area contributed by atoms with Gasteiger partial charge in [-0.2, -0.15) is 0 Å². The Labute approximate surface area is 174 Å². The molecule has 3 aromatic carbocycles. The molecule has 0 saturated heterocycles. The second-order valence-corrected chi connectivity index (χ2v) is 7.30. The van der Waals surface area contributed by atoms with Crippen LogP contribution in [0.15, 0.2) is 78.9 Å². The highest BCUT2D eigenvalue weighted by Gasteiger charge is 2.28. The van der Waals surface area contributed by atoms with Crippen LogP contribution in [0.3, 0.4) is 0 Å². The van der Waals surface area contributed by atoms with Gasteiger partial charge in [-0.3, -0.25) is 14.4 Å². The maximum atomic E-state index is 12.9. The van der Waals surface area contributed by atoms with Crippen molar-refractivity contribution in [3.8, 4) is 0 Å². The zero-order chi connectivity index (χ0) is 21.1. The summed E-state index contributed by atoms with van der Waals surface area (Å²) in [5.41, 5.74) is 3.52. The number of fused-ring (bicyclic) bond motifs is 1. The van der Waals surface area contributed by atoms with E-state index in [4.69, 9.17) is 4.74 Å². The van der Waals surface area contributed by atoms with Crippen LogP contribution in [0.25, 0.3) is 0 Å². The third kappa shape index (κ3) is 3.87. The van der Waals surface area contributed by atoms with Gasteiger partial charge in [0.05, 0.1) is 5.92 Å². The third-order valence-corrected chi connectivity index (χ3v) is 5.34. The maximum Gasteiger partial charge on any atom is 0.318 e. The Morgan fingerprint density at radius 3 is 2.13 bits per heavy atom. The Balaban J connectivity index is 1.50. The lowest BCUT2D eigenvalue weighted by atomic mass is 9.91. The number of amides is 1. The molecule has 0 aliphatic carbocycles. The molecule has 1 heterocycles. The van der Waals surface area contributed by atoms with Crippen LogP contribution in [-0.4, -0.2) is 24.3 Å². The van der Waals surface area contributed by atoms with E-state index in [0.29, 0.717) is 11.3 Å². The zero-order valence-electron chi connectivity index (χ0n) is 16.5. The number of anilines is 1. The molecule has 0 saturated carbocycles. The molecule has 150 valence electrons. The molecule has 0 aromatic heterocycles. The number of rotatable bonds is 6. The van der Waals surface area contributed by atoms with Crippen LogP contribution in [0.5, 0.6) is 0 Å². The van der Waals surface area contributed by atoms with E-state index in [1.807, 2.05) is 60.7 Å². The largest absolute Gasteiger partial charge is 0.457 e. The minimum atomic E-state index is -0.609. The summed E-state index contributed by atoms with van der Waals surface area (Å²) >= 11 is 0.